The number of carbonyl (C=O) groups is 2. The van der Waals surface area contributed by atoms with E-state index in [2.05, 4.69) is 44.0 Å². The highest BCUT2D eigenvalue weighted by Gasteiger charge is 2.19. The molecule has 0 spiro atoms. The molecular weight excluding hydrogens is 552 g/mol. The Balaban J connectivity index is 1.79. The van der Waals surface area contributed by atoms with Crippen LogP contribution in [-0.2, 0) is 9.47 Å². The van der Waals surface area contributed by atoms with Crippen molar-refractivity contribution in [2.45, 2.75) is 0 Å². The van der Waals surface area contributed by atoms with Crippen LogP contribution >= 0.6 is 54.5 Å². The summed E-state index contributed by atoms with van der Waals surface area (Å²) in [6, 6.07) is 15.3. The normalized spacial score (nSPS) is 10.9. The Bertz CT molecular complexity index is 1160. The van der Waals surface area contributed by atoms with Crippen LogP contribution in [0.15, 0.2) is 57.5 Å². The second-order valence-electron chi connectivity index (χ2n) is 6.31. The fourth-order valence-corrected chi connectivity index (χ4v) is 6.32. The van der Waals surface area contributed by atoms with Crippen molar-refractivity contribution in [3.8, 4) is 20.9 Å². The molecule has 0 amide bonds. The van der Waals surface area contributed by atoms with Gasteiger partial charge in [-0.3, -0.25) is 0 Å². The number of halogens is 2. The minimum absolute atomic E-state index is 0.374. The smallest absolute Gasteiger partial charge is 0.338 e. The molecule has 0 fully saturated rings. The van der Waals surface area contributed by atoms with Gasteiger partial charge in [-0.25, -0.2) is 9.59 Å². The van der Waals surface area contributed by atoms with Gasteiger partial charge in [0.05, 0.1) is 25.3 Å². The summed E-state index contributed by atoms with van der Waals surface area (Å²) in [5, 5.41) is 0. The van der Waals surface area contributed by atoms with E-state index in [4.69, 9.17) is 9.47 Å². The maximum Gasteiger partial charge on any atom is 0.338 e. The van der Waals surface area contributed by atoms with E-state index in [-0.39, 0.29) is 11.9 Å². The Hall–Kier alpha value is -2.00. The van der Waals surface area contributed by atoms with E-state index in [1.165, 1.54) is 14.2 Å². The summed E-state index contributed by atoms with van der Waals surface area (Å²) >= 11 is 10.0. The van der Waals surface area contributed by atoms with Crippen LogP contribution in [0, 0.1) is 0 Å². The Labute approximate surface area is 197 Å². The van der Waals surface area contributed by atoms with E-state index in [9.17, 15) is 9.59 Å². The van der Waals surface area contributed by atoms with Crippen LogP contribution in [0.1, 0.15) is 20.7 Å². The van der Waals surface area contributed by atoms with Gasteiger partial charge in [0.15, 0.2) is 0 Å². The lowest BCUT2D eigenvalue weighted by Gasteiger charge is -2.07. The second kappa shape index (κ2) is 8.63. The topological polar surface area (TPSA) is 52.6 Å². The zero-order valence-electron chi connectivity index (χ0n) is 15.8. The Morgan fingerprint density at radius 1 is 0.700 bits per heavy atom. The van der Waals surface area contributed by atoms with Gasteiger partial charge in [0, 0.05) is 39.2 Å². The summed E-state index contributed by atoms with van der Waals surface area (Å²) in [7, 11) is 2.76. The van der Waals surface area contributed by atoms with E-state index in [0.29, 0.717) is 11.1 Å². The van der Waals surface area contributed by atoms with Gasteiger partial charge in [0.25, 0.3) is 0 Å². The van der Waals surface area contributed by atoms with Crippen LogP contribution in [0.25, 0.3) is 30.3 Å². The number of fused-ring (bicyclic) bond motifs is 1. The summed E-state index contributed by atoms with van der Waals surface area (Å²) in [5.41, 5.74) is 2.70. The van der Waals surface area contributed by atoms with Crippen molar-refractivity contribution in [2.24, 2.45) is 0 Å². The molecule has 4 aromatic rings. The van der Waals surface area contributed by atoms with Crippen molar-refractivity contribution in [1.29, 1.82) is 0 Å². The van der Waals surface area contributed by atoms with E-state index < -0.39 is 0 Å². The molecule has 2 heterocycles. The summed E-state index contributed by atoms with van der Waals surface area (Å²) in [5.74, 6) is -0.748. The predicted octanol–water partition coefficient (Wildman–Crippen LogP) is 7.40. The Morgan fingerprint density at radius 3 is 1.47 bits per heavy atom. The van der Waals surface area contributed by atoms with Crippen molar-refractivity contribution in [1.82, 2.24) is 0 Å². The Morgan fingerprint density at radius 2 is 1.10 bits per heavy atom. The van der Waals surface area contributed by atoms with Crippen LogP contribution in [0.3, 0.4) is 0 Å². The fraction of sp³-hybridized carbons (Fsp3) is 0.0909. The Kier molecular flexibility index (Phi) is 6.11. The molecule has 0 N–H and O–H groups in total. The number of rotatable bonds is 4. The first kappa shape index (κ1) is 21.2. The van der Waals surface area contributed by atoms with Gasteiger partial charge in [-0.05, 0) is 36.4 Å². The molecule has 0 saturated carbocycles. The highest BCUT2D eigenvalue weighted by Crippen LogP contribution is 2.43. The van der Waals surface area contributed by atoms with Gasteiger partial charge in [-0.2, -0.15) is 0 Å². The lowest BCUT2D eigenvalue weighted by molar-refractivity contribution is 0.0592. The summed E-state index contributed by atoms with van der Waals surface area (Å²) in [6.07, 6.45) is 0. The van der Waals surface area contributed by atoms with E-state index >= 15 is 0 Å². The minimum Gasteiger partial charge on any atom is -0.465 e. The first-order valence-electron chi connectivity index (χ1n) is 8.71. The molecular formula is C22H14Br2O4S2. The molecule has 30 heavy (non-hydrogen) atoms. The summed E-state index contributed by atoms with van der Waals surface area (Å²) < 4.78 is 13.7. The average Bonchev–Trinajstić information content (AvgIpc) is 3.31. The average molecular weight is 566 g/mol. The van der Waals surface area contributed by atoms with Crippen molar-refractivity contribution in [3.63, 3.8) is 0 Å². The molecule has 0 unspecified atom stereocenters. The second-order valence-corrected chi connectivity index (χ2v) is 10.3. The molecule has 2 aromatic heterocycles. The van der Waals surface area contributed by atoms with Crippen molar-refractivity contribution in [2.75, 3.05) is 14.2 Å². The number of benzene rings is 2. The number of carbonyl (C=O) groups excluding carboxylic acids is 2. The van der Waals surface area contributed by atoms with Crippen LogP contribution in [0.4, 0.5) is 0 Å². The van der Waals surface area contributed by atoms with Crippen LogP contribution in [0.2, 0.25) is 0 Å². The van der Waals surface area contributed by atoms with E-state index in [1.807, 2.05) is 24.3 Å². The van der Waals surface area contributed by atoms with Gasteiger partial charge >= 0.3 is 11.9 Å². The molecule has 4 rings (SSSR count). The number of hydrogen-bond donors (Lipinski definition) is 0. The predicted molar refractivity (Wildman–Crippen MR) is 129 cm³/mol. The molecule has 0 radical (unpaired) electrons. The quantitative estimate of drug-likeness (QED) is 0.242. The molecule has 2 aromatic carbocycles. The highest BCUT2D eigenvalue weighted by atomic mass is 79.9. The maximum absolute atomic E-state index is 12.2. The van der Waals surface area contributed by atoms with Crippen LogP contribution in [-0.4, -0.2) is 26.2 Å². The standard InChI is InChI=1S/C22H14Br2O4S2/c1-27-21(25)15-7-11(23)3-5-13(15)17-9-19-20(29-17)10-18(30-19)14-6-4-12(24)8-16(14)22(26)28-2/h3-10H,1-2H3. The number of hydrogen-bond acceptors (Lipinski definition) is 6. The third kappa shape index (κ3) is 3.97. The SMILES string of the molecule is COC(=O)c1cc(Br)ccc1-c1cc2sc(-c3ccc(Br)cc3C(=O)OC)cc2s1. The van der Waals surface area contributed by atoms with E-state index in [1.54, 1.807) is 34.8 Å². The largest absolute Gasteiger partial charge is 0.465 e. The molecule has 152 valence electrons. The van der Waals surface area contributed by atoms with Crippen LogP contribution < -0.4 is 0 Å². The van der Waals surface area contributed by atoms with Gasteiger partial charge in [0.2, 0.25) is 0 Å². The van der Waals surface area contributed by atoms with Crippen molar-refractivity contribution >= 4 is 75.9 Å². The molecule has 0 aliphatic rings. The number of thiophene rings is 2. The molecule has 8 heteroatoms. The van der Waals surface area contributed by atoms with Crippen molar-refractivity contribution < 1.29 is 19.1 Å². The van der Waals surface area contributed by atoms with Gasteiger partial charge in [-0.1, -0.05) is 44.0 Å². The highest BCUT2D eigenvalue weighted by molar-refractivity contribution is 9.10. The van der Waals surface area contributed by atoms with E-state index in [0.717, 1.165) is 39.2 Å². The number of ether oxygens (including phenoxy) is 2. The van der Waals surface area contributed by atoms with Gasteiger partial charge in [0.1, 0.15) is 0 Å². The lowest BCUT2D eigenvalue weighted by Crippen LogP contribution is -2.03. The molecule has 0 aliphatic carbocycles. The minimum atomic E-state index is -0.374. The zero-order valence-corrected chi connectivity index (χ0v) is 20.6. The number of esters is 2. The molecule has 0 atom stereocenters. The molecule has 0 saturated heterocycles. The third-order valence-electron chi connectivity index (χ3n) is 4.51. The maximum atomic E-state index is 12.2. The number of methoxy groups -OCH3 is 2. The summed E-state index contributed by atoms with van der Waals surface area (Å²) in [4.78, 5) is 26.4. The monoisotopic (exact) mass is 564 g/mol. The lowest BCUT2D eigenvalue weighted by atomic mass is 10.1. The third-order valence-corrected chi connectivity index (χ3v) is 7.86. The van der Waals surface area contributed by atoms with Crippen LogP contribution in [0.5, 0.6) is 0 Å². The zero-order chi connectivity index (χ0) is 21.4. The van der Waals surface area contributed by atoms with Crippen molar-refractivity contribution in [3.05, 3.63) is 68.6 Å². The first-order valence-corrected chi connectivity index (χ1v) is 11.9. The molecule has 4 nitrogen and oxygen atoms in total. The fourth-order valence-electron chi connectivity index (χ4n) is 3.12. The van der Waals surface area contributed by atoms with Gasteiger partial charge < -0.3 is 9.47 Å². The first-order chi connectivity index (χ1) is 14.4. The molecule has 0 aliphatic heterocycles. The molecule has 0 bridgehead atoms. The van der Waals surface area contributed by atoms with Gasteiger partial charge in [-0.15, -0.1) is 22.7 Å². The summed E-state index contributed by atoms with van der Waals surface area (Å²) in [6.45, 7) is 0.